The fourth-order valence-corrected chi connectivity index (χ4v) is 4.12. The molecule has 0 saturated carbocycles. The van der Waals surface area contributed by atoms with Gasteiger partial charge in [0.15, 0.2) is 0 Å². The molecular formula is C31H47FN2O5. The lowest BCUT2D eigenvalue weighted by Crippen LogP contribution is -2.44. The van der Waals surface area contributed by atoms with Gasteiger partial charge in [-0.05, 0) is 47.6 Å². The maximum absolute atomic E-state index is 13.4. The molecule has 0 heterocycles. The van der Waals surface area contributed by atoms with E-state index in [9.17, 15) is 14.3 Å². The van der Waals surface area contributed by atoms with Gasteiger partial charge in [-0.15, -0.1) is 0 Å². The number of ether oxygens (including phenoxy) is 3. The van der Waals surface area contributed by atoms with E-state index in [1.54, 1.807) is 19.2 Å². The SMILES string of the molecule is CC[C@H](C)CNC(=O)[C@@H](C[C@H](O)[C@@H](N)COCc1ccc(-c2ccc(F)cc2)c(OCCCOC)c1)C(C)C. The van der Waals surface area contributed by atoms with E-state index in [4.69, 9.17) is 19.9 Å². The van der Waals surface area contributed by atoms with Gasteiger partial charge in [0.1, 0.15) is 11.6 Å². The number of carbonyl (C=O) groups excluding carboxylic acids is 1. The van der Waals surface area contributed by atoms with Crippen molar-refractivity contribution in [1.29, 1.82) is 0 Å². The largest absolute Gasteiger partial charge is 0.493 e. The normalized spacial score (nSPS) is 14.6. The summed E-state index contributed by atoms with van der Waals surface area (Å²) in [5.41, 5.74) is 8.83. The highest BCUT2D eigenvalue weighted by Crippen LogP contribution is 2.32. The summed E-state index contributed by atoms with van der Waals surface area (Å²) in [6, 6.07) is 11.4. The number of aliphatic hydroxyl groups excluding tert-OH is 1. The van der Waals surface area contributed by atoms with Crippen LogP contribution < -0.4 is 15.8 Å². The van der Waals surface area contributed by atoms with Crippen LogP contribution in [0.3, 0.4) is 0 Å². The third-order valence-corrected chi connectivity index (χ3v) is 6.98. The van der Waals surface area contributed by atoms with Crippen molar-refractivity contribution in [2.45, 2.75) is 65.7 Å². The van der Waals surface area contributed by atoms with Gasteiger partial charge >= 0.3 is 0 Å². The van der Waals surface area contributed by atoms with Crippen molar-refractivity contribution in [3.05, 3.63) is 53.8 Å². The lowest BCUT2D eigenvalue weighted by molar-refractivity contribution is -0.128. The molecule has 0 radical (unpaired) electrons. The van der Waals surface area contributed by atoms with Crippen LogP contribution in [0.1, 0.15) is 52.5 Å². The summed E-state index contributed by atoms with van der Waals surface area (Å²) in [7, 11) is 1.65. The van der Waals surface area contributed by atoms with E-state index < -0.39 is 12.1 Å². The van der Waals surface area contributed by atoms with Gasteiger partial charge in [-0.2, -0.15) is 0 Å². The number of hydrogen-bond acceptors (Lipinski definition) is 6. The van der Waals surface area contributed by atoms with E-state index in [2.05, 4.69) is 19.2 Å². The second kappa shape index (κ2) is 17.2. The summed E-state index contributed by atoms with van der Waals surface area (Å²) in [5, 5.41) is 13.7. The Labute approximate surface area is 233 Å². The molecule has 39 heavy (non-hydrogen) atoms. The van der Waals surface area contributed by atoms with Crippen LogP contribution in [-0.2, 0) is 20.9 Å². The average Bonchev–Trinajstić information content (AvgIpc) is 2.92. The van der Waals surface area contributed by atoms with Crippen LogP contribution in [0, 0.1) is 23.6 Å². The van der Waals surface area contributed by atoms with E-state index in [1.807, 2.05) is 32.0 Å². The molecule has 8 heteroatoms. The maximum atomic E-state index is 13.4. The number of nitrogens with two attached hydrogens (primary N) is 1. The molecule has 218 valence electrons. The van der Waals surface area contributed by atoms with E-state index >= 15 is 0 Å². The van der Waals surface area contributed by atoms with Crippen molar-refractivity contribution < 1.29 is 28.5 Å². The van der Waals surface area contributed by atoms with Gasteiger partial charge in [-0.1, -0.05) is 58.4 Å². The average molecular weight is 547 g/mol. The minimum Gasteiger partial charge on any atom is -0.493 e. The Hall–Kier alpha value is -2.52. The lowest BCUT2D eigenvalue weighted by Gasteiger charge is -2.26. The first kappa shape index (κ1) is 32.7. The maximum Gasteiger partial charge on any atom is 0.223 e. The first-order valence-electron chi connectivity index (χ1n) is 14.0. The predicted octanol–water partition coefficient (Wildman–Crippen LogP) is 4.94. The zero-order valence-corrected chi connectivity index (χ0v) is 24.1. The third kappa shape index (κ3) is 11.2. The molecule has 7 nitrogen and oxygen atoms in total. The molecule has 0 unspecified atom stereocenters. The van der Waals surface area contributed by atoms with Crippen LogP contribution in [-0.4, -0.2) is 56.6 Å². The fourth-order valence-electron chi connectivity index (χ4n) is 4.12. The van der Waals surface area contributed by atoms with Crippen LogP contribution >= 0.6 is 0 Å². The number of halogens is 1. The molecule has 1 amide bonds. The molecule has 0 bridgehead atoms. The number of aliphatic hydroxyl groups is 1. The minimum absolute atomic E-state index is 0.0447. The smallest absolute Gasteiger partial charge is 0.223 e. The van der Waals surface area contributed by atoms with Crippen LogP contribution in [0.5, 0.6) is 5.75 Å². The molecule has 0 fully saturated rings. The number of rotatable bonds is 18. The number of hydrogen-bond donors (Lipinski definition) is 3. The van der Waals surface area contributed by atoms with E-state index in [-0.39, 0.29) is 43.2 Å². The summed E-state index contributed by atoms with van der Waals surface area (Å²) in [6.07, 6.45) is 1.14. The lowest BCUT2D eigenvalue weighted by atomic mass is 9.87. The minimum atomic E-state index is -0.868. The molecular weight excluding hydrogens is 499 g/mol. The van der Waals surface area contributed by atoms with Gasteiger partial charge in [-0.25, -0.2) is 4.39 Å². The van der Waals surface area contributed by atoms with Crippen LogP contribution in [0.15, 0.2) is 42.5 Å². The molecule has 4 N–H and O–H groups in total. The summed E-state index contributed by atoms with van der Waals surface area (Å²) in [6.45, 7) is 10.3. The van der Waals surface area contributed by atoms with E-state index in [0.717, 1.165) is 29.5 Å². The first-order chi connectivity index (χ1) is 18.7. The molecule has 0 aromatic heterocycles. The van der Waals surface area contributed by atoms with Gasteiger partial charge in [0.05, 0.1) is 32.0 Å². The zero-order chi connectivity index (χ0) is 28.8. The number of benzene rings is 2. The van der Waals surface area contributed by atoms with Crippen molar-refractivity contribution in [2.24, 2.45) is 23.5 Å². The second-order valence-electron chi connectivity index (χ2n) is 10.6. The van der Waals surface area contributed by atoms with Gasteiger partial charge in [0, 0.05) is 38.2 Å². The third-order valence-electron chi connectivity index (χ3n) is 6.98. The summed E-state index contributed by atoms with van der Waals surface area (Å²) < 4.78 is 30.4. The van der Waals surface area contributed by atoms with Crippen molar-refractivity contribution in [2.75, 3.05) is 33.5 Å². The Bertz CT molecular complexity index is 985. The monoisotopic (exact) mass is 546 g/mol. The number of methoxy groups -OCH3 is 1. The van der Waals surface area contributed by atoms with Crippen LogP contribution in [0.4, 0.5) is 4.39 Å². The van der Waals surface area contributed by atoms with Gasteiger partial charge in [0.25, 0.3) is 0 Å². The molecule has 0 spiro atoms. The van der Waals surface area contributed by atoms with Crippen molar-refractivity contribution in [3.63, 3.8) is 0 Å². The zero-order valence-electron chi connectivity index (χ0n) is 24.1. The van der Waals surface area contributed by atoms with E-state index in [0.29, 0.717) is 31.4 Å². The molecule has 0 aliphatic heterocycles. The number of carbonyl (C=O) groups is 1. The number of amides is 1. The molecule has 0 saturated heterocycles. The Kier molecular flexibility index (Phi) is 14.4. The Morgan fingerprint density at radius 1 is 1.10 bits per heavy atom. The van der Waals surface area contributed by atoms with Crippen molar-refractivity contribution >= 4 is 5.91 Å². The highest BCUT2D eigenvalue weighted by molar-refractivity contribution is 5.78. The van der Waals surface area contributed by atoms with Crippen LogP contribution in [0.2, 0.25) is 0 Å². The summed E-state index contributed by atoms with van der Waals surface area (Å²) in [4.78, 5) is 12.7. The summed E-state index contributed by atoms with van der Waals surface area (Å²) >= 11 is 0. The molecule has 0 aliphatic rings. The molecule has 0 aliphatic carbocycles. The molecule has 2 aromatic carbocycles. The Morgan fingerprint density at radius 3 is 2.46 bits per heavy atom. The first-order valence-corrected chi connectivity index (χ1v) is 14.0. The van der Waals surface area contributed by atoms with Crippen molar-refractivity contribution in [1.82, 2.24) is 5.32 Å². The standard InChI is InChI=1S/C31H47FN2O5/c1-6-22(4)18-34-31(36)27(21(2)3)17-29(35)28(33)20-38-19-23-8-13-26(24-9-11-25(32)12-10-24)30(16-23)39-15-7-14-37-5/h8-13,16,21-22,27-29,35H,6-7,14-15,17-20,33H2,1-5H3,(H,34,36)/t22-,27-,28-,29-/m0/s1. The highest BCUT2D eigenvalue weighted by Gasteiger charge is 2.28. The molecule has 2 aromatic rings. The van der Waals surface area contributed by atoms with Gasteiger partial charge in [-0.3, -0.25) is 4.79 Å². The molecule has 4 atom stereocenters. The second-order valence-corrected chi connectivity index (χ2v) is 10.6. The quantitative estimate of drug-likeness (QED) is 0.229. The fraction of sp³-hybridized carbons (Fsp3) is 0.581. The highest BCUT2D eigenvalue weighted by atomic mass is 19.1. The van der Waals surface area contributed by atoms with Crippen LogP contribution in [0.25, 0.3) is 11.1 Å². The Morgan fingerprint density at radius 2 is 1.82 bits per heavy atom. The van der Waals surface area contributed by atoms with Gasteiger partial charge < -0.3 is 30.4 Å². The Balaban J connectivity index is 1.97. The summed E-state index contributed by atoms with van der Waals surface area (Å²) in [5.74, 6) is 0.487. The van der Waals surface area contributed by atoms with E-state index in [1.165, 1.54) is 12.1 Å². The topological polar surface area (TPSA) is 103 Å². The number of nitrogens with one attached hydrogen (secondary N) is 1. The van der Waals surface area contributed by atoms with Crippen molar-refractivity contribution in [3.8, 4) is 16.9 Å². The predicted molar refractivity (Wildman–Crippen MR) is 153 cm³/mol. The van der Waals surface area contributed by atoms with Gasteiger partial charge in [0.2, 0.25) is 5.91 Å². The molecule has 2 rings (SSSR count).